The van der Waals surface area contributed by atoms with E-state index in [9.17, 15) is 0 Å². The van der Waals surface area contributed by atoms with Gasteiger partial charge in [-0.2, -0.15) is 0 Å². The van der Waals surface area contributed by atoms with Crippen molar-refractivity contribution in [3.05, 3.63) is 201 Å². The second-order valence-corrected chi connectivity index (χ2v) is 13.5. The molecule has 0 radical (unpaired) electrons. The summed E-state index contributed by atoms with van der Waals surface area (Å²) in [5, 5.41) is 8.69. The highest BCUT2D eigenvalue weighted by molar-refractivity contribution is 6.30. The number of hydrogen-bond acceptors (Lipinski definition) is 2. The van der Waals surface area contributed by atoms with Crippen LogP contribution in [-0.2, 0) is 0 Å². The van der Waals surface area contributed by atoms with Crippen molar-refractivity contribution in [2.45, 2.75) is 58.5 Å². The van der Waals surface area contributed by atoms with Crippen LogP contribution in [-0.4, -0.2) is 12.1 Å². The summed E-state index contributed by atoms with van der Waals surface area (Å²) in [5.41, 5.74) is 13.3. The van der Waals surface area contributed by atoms with Crippen molar-refractivity contribution in [2.24, 2.45) is 0 Å². The third-order valence-corrected chi connectivity index (χ3v) is 9.71. The zero-order chi connectivity index (χ0) is 33.6. The number of hydrogen-bond donors (Lipinski definition) is 2. The minimum absolute atomic E-state index is 0.0309. The van der Waals surface area contributed by atoms with E-state index in [1.54, 1.807) is 0 Å². The molecular formula is C45H45ClN2. The van der Waals surface area contributed by atoms with Crippen LogP contribution in [0.1, 0.15) is 75.8 Å². The van der Waals surface area contributed by atoms with Crippen molar-refractivity contribution in [1.29, 1.82) is 0 Å². The van der Waals surface area contributed by atoms with Gasteiger partial charge in [0.05, 0.1) is 0 Å². The largest absolute Gasteiger partial charge is 0.380 e. The van der Waals surface area contributed by atoms with Gasteiger partial charge in [-0.1, -0.05) is 151 Å². The Balaban J connectivity index is 1.55. The lowest BCUT2D eigenvalue weighted by Crippen LogP contribution is -2.36. The normalized spacial score (nSPS) is 12.6. The quantitative estimate of drug-likeness (QED) is 0.137. The standard InChI is InChI=1S/C45H45ClN2/c1-30-26-31(2)44(32(3)27-30)47-33(4)34(5)48-45-40(42(35-18-10-6-11-19-35)36-20-12-7-13-21-36)28-39(46)29-41(45)43(37-22-14-8-15-23-37)38-24-16-9-17-25-38/h6-29,33-34,42-43,47-48H,1-5H3. The molecule has 0 amide bonds. The third-order valence-electron chi connectivity index (χ3n) is 9.49. The van der Waals surface area contributed by atoms with Crippen LogP contribution >= 0.6 is 11.6 Å². The van der Waals surface area contributed by atoms with Gasteiger partial charge in [0, 0.05) is 40.3 Å². The summed E-state index contributed by atoms with van der Waals surface area (Å²) in [6.07, 6.45) is 0. The lowest BCUT2D eigenvalue weighted by atomic mass is 9.78. The molecule has 0 heterocycles. The Kier molecular flexibility index (Phi) is 10.3. The maximum absolute atomic E-state index is 7.17. The predicted molar refractivity (Wildman–Crippen MR) is 206 cm³/mol. The number of benzene rings is 6. The molecule has 6 aromatic rings. The van der Waals surface area contributed by atoms with Crippen LogP contribution in [0, 0.1) is 20.8 Å². The fourth-order valence-electron chi connectivity index (χ4n) is 7.07. The second-order valence-electron chi connectivity index (χ2n) is 13.1. The first-order chi connectivity index (χ1) is 23.3. The van der Waals surface area contributed by atoms with E-state index in [0.29, 0.717) is 0 Å². The molecule has 6 rings (SSSR count). The van der Waals surface area contributed by atoms with Gasteiger partial charge in [-0.25, -0.2) is 0 Å². The molecule has 2 atom stereocenters. The summed E-state index contributed by atoms with van der Waals surface area (Å²) in [7, 11) is 0. The van der Waals surface area contributed by atoms with Crippen LogP contribution in [0.2, 0.25) is 5.02 Å². The van der Waals surface area contributed by atoms with Gasteiger partial charge < -0.3 is 10.6 Å². The summed E-state index contributed by atoms with van der Waals surface area (Å²) in [5.74, 6) is -0.0619. The van der Waals surface area contributed by atoms with E-state index in [2.05, 4.69) is 191 Å². The molecule has 3 heteroatoms. The number of anilines is 2. The van der Waals surface area contributed by atoms with E-state index in [1.165, 1.54) is 44.6 Å². The van der Waals surface area contributed by atoms with Gasteiger partial charge in [0.2, 0.25) is 0 Å². The monoisotopic (exact) mass is 648 g/mol. The van der Waals surface area contributed by atoms with Crippen molar-refractivity contribution in [3.63, 3.8) is 0 Å². The molecule has 6 aromatic carbocycles. The van der Waals surface area contributed by atoms with Gasteiger partial charge in [-0.15, -0.1) is 0 Å². The molecule has 0 spiro atoms. The molecule has 2 nitrogen and oxygen atoms in total. The molecule has 2 N–H and O–H groups in total. The Labute approximate surface area is 291 Å². The molecule has 0 bridgehead atoms. The summed E-state index contributed by atoms with van der Waals surface area (Å²) in [6, 6.07) is 52.2. The van der Waals surface area contributed by atoms with E-state index < -0.39 is 0 Å². The first kappa shape index (κ1) is 33.1. The molecule has 48 heavy (non-hydrogen) atoms. The van der Waals surface area contributed by atoms with Gasteiger partial charge in [0.15, 0.2) is 0 Å². The van der Waals surface area contributed by atoms with Crippen molar-refractivity contribution in [1.82, 2.24) is 0 Å². The Morgan fingerprint density at radius 2 is 0.750 bits per heavy atom. The van der Waals surface area contributed by atoms with Crippen LogP contribution in [0.15, 0.2) is 146 Å². The zero-order valence-electron chi connectivity index (χ0n) is 28.5. The fourth-order valence-corrected chi connectivity index (χ4v) is 7.31. The molecule has 0 aliphatic rings. The number of nitrogens with one attached hydrogen (secondary N) is 2. The first-order valence-electron chi connectivity index (χ1n) is 16.9. The number of halogens is 1. The zero-order valence-corrected chi connectivity index (χ0v) is 29.3. The summed E-state index contributed by atoms with van der Waals surface area (Å²) in [4.78, 5) is 0. The van der Waals surface area contributed by atoms with Crippen molar-refractivity contribution in [2.75, 3.05) is 10.6 Å². The first-order valence-corrected chi connectivity index (χ1v) is 17.3. The smallest absolute Gasteiger partial charge is 0.0432 e. The van der Waals surface area contributed by atoms with Crippen LogP contribution in [0.5, 0.6) is 0 Å². The van der Waals surface area contributed by atoms with Crippen LogP contribution < -0.4 is 10.6 Å². The third kappa shape index (κ3) is 7.35. The predicted octanol–water partition coefficient (Wildman–Crippen LogP) is 11.9. The molecule has 0 aliphatic carbocycles. The SMILES string of the molecule is Cc1cc(C)c(NC(C)C(C)Nc2c(C(c3ccccc3)c3ccccc3)cc(Cl)cc2C(c2ccccc2)c2ccccc2)c(C)c1. The van der Waals surface area contributed by atoms with E-state index in [-0.39, 0.29) is 23.9 Å². The highest BCUT2D eigenvalue weighted by Gasteiger charge is 2.29. The minimum atomic E-state index is -0.0309. The van der Waals surface area contributed by atoms with Crippen molar-refractivity contribution < 1.29 is 0 Å². The molecule has 0 saturated carbocycles. The average Bonchev–Trinajstić information content (AvgIpc) is 3.09. The van der Waals surface area contributed by atoms with Crippen molar-refractivity contribution >= 4 is 23.0 Å². The van der Waals surface area contributed by atoms with Crippen LogP contribution in [0.25, 0.3) is 0 Å². The summed E-state index contributed by atoms with van der Waals surface area (Å²) >= 11 is 7.17. The van der Waals surface area contributed by atoms with Gasteiger partial charge in [0.25, 0.3) is 0 Å². The molecule has 2 unspecified atom stereocenters. The maximum atomic E-state index is 7.17. The molecule has 242 valence electrons. The Hall–Kier alpha value is -4.79. The lowest BCUT2D eigenvalue weighted by molar-refractivity contribution is 0.673. The molecular weight excluding hydrogens is 604 g/mol. The highest BCUT2D eigenvalue weighted by atomic mass is 35.5. The summed E-state index contributed by atoms with van der Waals surface area (Å²) in [6.45, 7) is 11.1. The van der Waals surface area contributed by atoms with Gasteiger partial charge in [-0.05, 0) is 91.3 Å². The van der Waals surface area contributed by atoms with E-state index in [0.717, 1.165) is 21.8 Å². The number of rotatable bonds is 11. The lowest BCUT2D eigenvalue weighted by Gasteiger charge is -2.32. The number of aryl methyl sites for hydroxylation is 3. The minimum Gasteiger partial charge on any atom is -0.380 e. The Morgan fingerprint density at radius 3 is 1.08 bits per heavy atom. The van der Waals surface area contributed by atoms with Crippen LogP contribution in [0.4, 0.5) is 11.4 Å². The Bertz CT molecular complexity index is 1730. The Morgan fingerprint density at radius 1 is 0.438 bits per heavy atom. The topological polar surface area (TPSA) is 24.1 Å². The molecule has 0 aliphatic heterocycles. The molecule has 0 fully saturated rings. The van der Waals surface area contributed by atoms with Gasteiger partial charge >= 0.3 is 0 Å². The van der Waals surface area contributed by atoms with Crippen LogP contribution in [0.3, 0.4) is 0 Å². The fraction of sp³-hybridized carbons (Fsp3) is 0.200. The summed E-state index contributed by atoms with van der Waals surface area (Å²) < 4.78 is 0. The molecule has 0 saturated heterocycles. The molecule has 0 aromatic heterocycles. The average molecular weight is 649 g/mol. The van der Waals surface area contributed by atoms with Crippen molar-refractivity contribution in [3.8, 4) is 0 Å². The van der Waals surface area contributed by atoms with Gasteiger partial charge in [0.1, 0.15) is 0 Å². The van der Waals surface area contributed by atoms with E-state index in [1.807, 2.05) is 0 Å². The van der Waals surface area contributed by atoms with E-state index >= 15 is 0 Å². The highest BCUT2D eigenvalue weighted by Crippen LogP contribution is 2.45. The van der Waals surface area contributed by atoms with Gasteiger partial charge in [-0.3, -0.25) is 0 Å². The second kappa shape index (κ2) is 15.0. The maximum Gasteiger partial charge on any atom is 0.0432 e. The van der Waals surface area contributed by atoms with E-state index in [4.69, 9.17) is 11.6 Å².